The molecule has 1 aliphatic carbocycles. The standard InChI is InChI=1S/C8H12N2O/c1-6-8(10-11-9-6)7-4-2-3-5-7/h7H,2-5H2,1H3. The number of rotatable bonds is 1. The monoisotopic (exact) mass is 152 g/mol. The summed E-state index contributed by atoms with van der Waals surface area (Å²) in [4.78, 5) is 0. The van der Waals surface area contributed by atoms with Crippen LogP contribution < -0.4 is 0 Å². The van der Waals surface area contributed by atoms with E-state index in [4.69, 9.17) is 0 Å². The fraction of sp³-hybridized carbons (Fsp3) is 0.750. The van der Waals surface area contributed by atoms with Crippen molar-refractivity contribution in [3.8, 4) is 0 Å². The van der Waals surface area contributed by atoms with Gasteiger partial charge in [-0.2, -0.15) is 0 Å². The summed E-state index contributed by atoms with van der Waals surface area (Å²) in [6.45, 7) is 1.96. The second-order valence-electron chi connectivity index (χ2n) is 3.22. The van der Waals surface area contributed by atoms with Crippen LogP contribution in [0.15, 0.2) is 4.63 Å². The topological polar surface area (TPSA) is 38.9 Å². The largest absolute Gasteiger partial charge is 0.244 e. The van der Waals surface area contributed by atoms with Gasteiger partial charge in [0.25, 0.3) is 0 Å². The van der Waals surface area contributed by atoms with E-state index < -0.39 is 0 Å². The van der Waals surface area contributed by atoms with E-state index in [0.717, 1.165) is 11.4 Å². The average Bonchev–Trinajstić information content (AvgIpc) is 2.55. The summed E-state index contributed by atoms with van der Waals surface area (Å²) >= 11 is 0. The molecular formula is C8H12N2O. The molecule has 60 valence electrons. The van der Waals surface area contributed by atoms with Gasteiger partial charge in [-0.05, 0) is 19.8 Å². The SMILES string of the molecule is Cc1nonc1C1CCCC1. The van der Waals surface area contributed by atoms with Gasteiger partial charge in [0.05, 0.1) is 0 Å². The zero-order chi connectivity index (χ0) is 7.68. The van der Waals surface area contributed by atoms with E-state index in [1.165, 1.54) is 25.7 Å². The highest BCUT2D eigenvalue weighted by atomic mass is 16.6. The van der Waals surface area contributed by atoms with E-state index >= 15 is 0 Å². The van der Waals surface area contributed by atoms with Gasteiger partial charge in [-0.25, -0.2) is 4.63 Å². The van der Waals surface area contributed by atoms with Crippen molar-refractivity contribution in [1.29, 1.82) is 0 Å². The van der Waals surface area contributed by atoms with Crippen molar-refractivity contribution in [3.05, 3.63) is 11.4 Å². The van der Waals surface area contributed by atoms with Crippen LogP contribution in [0.1, 0.15) is 43.0 Å². The fourth-order valence-corrected chi connectivity index (χ4v) is 1.81. The molecule has 11 heavy (non-hydrogen) atoms. The Labute approximate surface area is 65.8 Å². The maximum Gasteiger partial charge on any atom is 0.111 e. The summed E-state index contributed by atoms with van der Waals surface area (Å²) in [7, 11) is 0. The lowest BCUT2D eigenvalue weighted by Gasteiger charge is -2.02. The normalized spacial score (nSPS) is 19.4. The molecule has 2 rings (SSSR count). The molecule has 0 radical (unpaired) electrons. The van der Waals surface area contributed by atoms with Crippen LogP contribution >= 0.6 is 0 Å². The molecular weight excluding hydrogens is 140 g/mol. The van der Waals surface area contributed by atoms with Gasteiger partial charge in [-0.15, -0.1) is 0 Å². The van der Waals surface area contributed by atoms with Crippen molar-refractivity contribution in [3.63, 3.8) is 0 Å². The molecule has 0 N–H and O–H groups in total. The molecule has 0 bridgehead atoms. The first-order chi connectivity index (χ1) is 5.38. The van der Waals surface area contributed by atoms with Crippen LogP contribution in [0.25, 0.3) is 0 Å². The number of hydrogen-bond donors (Lipinski definition) is 0. The summed E-state index contributed by atoms with van der Waals surface area (Å²) in [6, 6.07) is 0. The molecule has 0 aromatic carbocycles. The third kappa shape index (κ3) is 1.15. The molecule has 1 fully saturated rings. The van der Waals surface area contributed by atoms with Crippen LogP contribution in [0.3, 0.4) is 0 Å². The van der Waals surface area contributed by atoms with Gasteiger partial charge in [0.15, 0.2) is 0 Å². The number of nitrogens with zero attached hydrogens (tertiary/aromatic N) is 2. The van der Waals surface area contributed by atoms with E-state index in [2.05, 4.69) is 14.9 Å². The first kappa shape index (κ1) is 6.83. The van der Waals surface area contributed by atoms with Crippen LogP contribution in [-0.4, -0.2) is 10.3 Å². The van der Waals surface area contributed by atoms with Crippen LogP contribution in [0.4, 0.5) is 0 Å². The van der Waals surface area contributed by atoms with Crippen LogP contribution in [0.2, 0.25) is 0 Å². The van der Waals surface area contributed by atoms with E-state index in [-0.39, 0.29) is 0 Å². The molecule has 0 aliphatic heterocycles. The quantitative estimate of drug-likeness (QED) is 0.618. The minimum absolute atomic E-state index is 0.626. The van der Waals surface area contributed by atoms with Gasteiger partial charge < -0.3 is 0 Å². The molecule has 1 aliphatic rings. The zero-order valence-corrected chi connectivity index (χ0v) is 6.71. The Balaban J connectivity index is 2.21. The van der Waals surface area contributed by atoms with Gasteiger partial charge in [-0.3, -0.25) is 0 Å². The van der Waals surface area contributed by atoms with E-state index in [1.54, 1.807) is 0 Å². The summed E-state index contributed by atoms with van der Waals surface area (Å²) in [5, 5.41) is 7.69. The second kappa shape index (κ2) is 2.64. The van der Waals surface area contributed by atoms with Crippen molar-refractivity contribution in [2.75, 3.05) is 0 Å². The lowest BCUT2D eigenvalue weighted by atomic mass is 10.0. The van der Waals surface area contributed by atoms with Crippen LogP contribution in [-0.2, 0) is 0 Å². The zero-order valence-electron chi connectivity index (χ0n) is 6.71. The van der Waals surface area contributed by atoms with Gasteiger partial charge in [0.2, 0.25) is 0 Å². The molecule has 0 spiro atoms. The fourth-order valence-electron chi connectivity index (χ4n) is 1.81. The Morgan fingerprint density at radius 3 is 2.55 bits per heavy atom. The summed E-state index contributed by atoms with van der Waals surface area (Å²) in [5.41, 5.74) is 2.06. The van der Waals surface area contributed by atoms with Gasteiger partial charge in [0, 0.05) is 5.92 Å². The first-order valence-electron chi connectivity index (χ1n) is 4.17. The smallest absolute Gasteiger partial charge is 0.111 e. The molecule has 1 saturated carbocycles. The highest BCUT2D eigenvalue weighted by Gasteiger charge is 2.22. The third-order valence-electron chi connectivity index (χ3n) is 2.43. The summed E-state index contributed by atoms with van der Waals surface area (Å²) in [6.07, 6.45) is 5.18. The highest BCUT2D eigenvalue weighted by molar-refractivity contribution is 5.12. The van der Waals surface area contributed by atoms with E-state index in [1.807, 2.05) is 6.92 Å². The minimum atomic E-state index is 0.626. The molecule has 0 atom stereocenters. The summed E-state index contributed by atoms with van der Waals surface area (Å²) < 4.78 is 4.66. The van der Waals surface area contributed by atoms with Crippen molar-refractivity contribution >= 4 is 0 Å². The average molecular weight is 152 g/mol. The lowest BCUT2D eigenvalue weighted by molar-refractivity contribution is 0.299. The summed E-state index contributed by atoms with van der Waals surface area (Å²) in [5.74, 6) is 0.626. The lowest BCUT2D eigenvalue weighted by Crippen LogP contribution is -1.94. The van der Waals surface area contributed by atoms with Crippen LogP contribution in [0, 0.1) is 6.92 Å². The molecule has 0 saturated heterocycles. The van der Waals surface area contributed by atoms with Gasteiger partial charge >= 0.3 is 0 Å². The highest BCUT2D eigenvalue weighted by Crippen LogP contribution is 2.33. The Hall–Kier alpha value is -0.860. The van der Waals surface area contributed by atoms with Crippen molar-refractivity contribution in [2.24, 2.45) is 0 Å². The number of aryl methyl sites for hydroxylation is 1. The van der Waals surface area contributed by atoms with E-state index in [9.17, 15) is 0 Å². The Kier molecular flexibility index (Phi) is 1.64. The van der Waals surface area contributed by atoms with Crippen molar-refractivity contribution < 1.29 is 4.63 Å². The number of aromatic nitrogens is 2. The Bertz CT molecular complexity index is 238. The molecule has 3 heteroatoms. The molecule has 1 aromatic heterocycles. The van der Waals surface area contributed by atoms with Crippen LogP contribution in [0.5, 0.6) is 0 Å². The molecule has 1 heterocycles. The van der Waals surface area contributed by atoms with E-state index in [0.29, 0.717) is 5.92 Å². The Morgan fingerprint density at radius 1 is 1.27 bits per heavy atom. The van der Waals surface area contributed by atoms with Crippen molar-refractivity contribution in [1.82, 2.24) is 10.3 Å². The molecule has 1 aromatic rings. The van der Waals surface area contributed by atoms with Gasteiger partial charge in [0.1, 0.15) is 11.4 Å². The minimum Gasteiger partial charge on any atom is -0.244 e. The number of hydrogen-bond acceptors (Lipinski definition) is 3. The molecule has 0 amide bonds. The van der Waals surface area contributed by atoms with Gasteiger partial charge in [-0.1, -0.05) is 23.2 Å². The predicted molar refractivity (Wildman–Crippen MR) is 40.2 cm³/mol. The van der Waals surface area contributed by atoms with Crippen molar-refractivity contribution in [2.45, 2.75) is 38.5 Å². The first-order valence-corrected chi connectivity index (χ1v) is 4.17. The maximum absolute atomic E-state index is 4.66. The Morgan fingerprint density at radius 2 is 2.00 bits per heavy atom. The molecule has 3 nitrogen and oxygen atoms in total. The third-order valence-corrected chi connectivity index (χ3v) is 2.43. The molecule has 0 unspecified atom stereocenters. The maximum atomic E-state index is 4.66. The predicted octanol–water partition coefficient (Wildman–Crippen LogP) is 2.04. The second-order valence-corrected chi connectivity index (χ2v) is 3.22.